The molecule has 0 radical (unpaired) electrons. The van der Waals surface area contributed by atoms with Crippen LogP contribution >= 0.6 is 0 Å². The van der Waals surface area contributed by atoms with Gasteiger partial charge in [0.05, 0.1) is 6.10 Å². The van der Waals surface area contributed by atoms with Crippen molar-refractivity contribution < 1.29 is 14.7 Å². The highest BCUT2D eigenvalue weighted by atomic mass is 16.3. The fourth-order valence-electron chi connectivity index (χ4n) is 6.64. The van der Waals surface area contributed by atoms with Crippen LogP contribution in [0.5, 0.6) is 0 Å². The van der Waals surface area contributed by atoms with Crippen LogP contribution in [0, 0.1) is 28.6 Å². The molecule has 0 saturated heterocycles. The number of rotatable bonds is 1. The normalized spacial score (nSPS) is 48.6. The molecule has 0 aromatic heterocycles. The molecule has 3 fully saturated rings. The fourth-order valence-corrected chi connectivity index (χ4v) is 6.64. The molecule has 0 heterocycles. The lowest BCUT2D eigenvalue weighted by atomic mass is 9.47. The highest BCUT2D eigenvalue weighted by Gasteiger charge is 2.60. The maximum Gasteiger partial charge on any atom is 0.155 e. The van der Waals surface area contributed by atoms with Gasteiger partial charge in [0.25, 0.3) is 0 Å². The number of allylic oxidation sites excluding steroid dienone is 1. The molecule has 0 amide bonds. The topological polar surface area (TPSA) is 54.4 Å². The maximum atomic E-state index is 11.8. The van der Waals surface area contributed by atoms with Crippen LogP contribution in [0.15, 0.2) is 17.7 Å². The molecule has 0 aliphatic heterocycles. The molecule has 0 aromatic rings. The zero-order valence-electron chi connectivity index (χ0n) is 13.9. The van der Waals surface area contributed by atoms with E-state index in [1.165, 1.54) is 5.57 Å². The van der Waals surface area contributed by atoms with Gasteiger partial charge in [0, 0.05) is 17.9 Å². The summed E-state index contributed by atoms with van der Waals surface area (Å²) in [5, 5.41) is 10.6. The fraction of sp³-hybridized carbons (Fsp3) is 0.750. The van der Waals surface area contributed by atoms with Gasteiger partial charge in [-0.25, -0.2) is 4.79 Å². The largest absolute Gasteiger partial charge is 0.392 e. The summed E-state index contributed by atoms with van der Waals surface area (Å²) in [6.07, 6.45) is 10.7. The van der Waals surface area contributed by atoms with Gasteiger partial charge in [0.2, 0.25) is 0 Å². The number of carbonyl (C=O) groups is 1. The van der Waals surface area contributed by atoms with E-state index in [0.717, 1.165) is 44.9 Å². The predicted octanol–water partition coefficient (Wildman–Crippen LogP) is 3.25. The van der Waals surface area contributed by atoms with Crippen molar-refractivity contribution in [3.63, 3.8) is 0 Å². The molecule has 4 aliphatic carbocycles. The van der Waals surface area contributed by atoms with Gasteiger partial charge in [0.1, 0.15) is 5.94 Å². The Labute approximate surface area is 137 Å². The molecule has 124 valence electrons. The summed E-state index contributed by atoms with van der Waals surface area (Å²) in [5.41, 5.74) is 1.19. The van der Waals surface area contributed by atoms with Gasteiger partial charge in [-0.3, -0.25) is 4.79 Å². The van der Waals surface area contributed by atoms with Crippen molar-refractivity contribution in [2.75, 3.05) is 0 Å². The highest BCUT2D eigenvalue weighted by molar-refractivity contribution is 5.91. The number of hydrogen-bond acceptors (Lipinski definition) is 3. The number of aliphatic hydroxyl groups is 1. The molecule has 4 rings (SSSR count). The third-order valence-corrected chi connectivity index (χ3v) is 7.84. The highest BCUT2D eigenvalue weighted by Crippen LogP contribution is 2.65. The van der Waals surface area contributed by atoms with E-state index in [1.807, 2.05) is 12.0 Å². The quantitative estimate of drug-likeness (QED) is 0.756. The Bertz CT molecular complexity index is 614. The molecule has 3 nitrogen and oxygen atoms in total. The molecule has 0 bridgehead atoms. The minimum absolute atomic E-state index is 0.154. The van der Waals surface area contributed by atoms with Crippen molar-refractivity contribution in [2.45, 2.75) is 64.4 Å². The number of carbonyl (C=O) groups excluding carboxylic acids is 2. The molecule has 23 heavy (non-hydrogen) atoms. The second kappa shape index (κ2) is 5.16. The summed E-state index contributed by atoms with van der Waals surface area (Å²) in [4.78, 5) is 22.9. The maximum absolute atomic E-state index is 11.8. The summed E-state index contributed by atoms with van der Waals surface area (Å²) in [6.45, 7) is 2.36. The SMILES string of the molecule is C[C@]12CCC(=O)C=C1CC[C@H]1[C@@H]3CC[C@H](O)[C@@]3(C=C=O)CC[C@@H]12. The average Bonchev–Trinajstić information content (AvgIpc) is 2.86. The van der Waals surface area contributed by atoms with Crippen LogP contribution in [0.2, 0.25) is 0 Å². The van der Waals surface area contributed by atoms with Crippen molar-refractivity contribution in [1.29, 1.82) is 0 Å². The third kappa shape index (κ3) is 1.99. The second-order valence-corrected chi connectivity index (χ2v) is 8.48. The van der Waals surface area contributed by atoms with Crippen LogP contribution in [0.25, 0.3) is 0 Å². The molecule has 1 N–H and O–H groups in total. The Hall–Kier alpha value is -1.18. The number of hydrogen-bond donors (Lipinski definition) is 1. The van der Waals surface area contributed by atoms with E-state index >= 15 is 0 Å². The van der Waals surface area contributed by atoms with Crippen molar-refractivity contribution in [2.24, 2.45) is 28.6 Å². The van der Waals surface area contributed by atoms with E-state index in [0.29, 0.717) is 30.0 Å². The van der Waals surface area contributed by atoms with Crippen LogP contribution in [0.3, 0.4) is 0 Å². The monoisotopic (exact) mass is 314 g/mol. The lowest BCUT2D eigenvalue weighted by molar-refractivity contribution is -0.117. The molecule has 3 heteroatoms. The van der Waals surface area contributed by atoms with Gasteiger partial charge in [-0.2, -0.15) is 0 Å². The van der Waals surface area contributed by atoms with Gasteiger partial charge < -0.3 is 5.11 Å². The lowest BCUT2D eigenvalue weighted by Gasteiger charge is -2.57. The number of aliphatic hydroxyl groups excluding tert-OH is 1. The van der Waals surface area contributed by atoms with Crippen LogP contribution in [-0.2, 0) is 9.59 Å². The zero-order chi connectivity index (χ0) is 16.2. The summed E-state index contributed by atoms with van der Waals surface area (Å²) in [5.74, 6) is 3.88. The molecule has 4 aliphatic rings. The van der Waals surface area contributed by atoms with Crippen molar-refractivity contribution in [3.05, 3.63) is 17.7 Å². The molecular formula is C20H26O3. The smallest absolute Gasteiger partial charge is 0.155 e. The first-order chi connectivity index (χ1) is 11.0. The Balaban J connectivity index is 1.71. The van der Waals surface area contributed by atoms with E-state index in [2.05, 4.69) is 6.92 Å². The van der Waals surface area contributed by atoms with E-state index in [9.17, 15) is 14.7 Å². The van der Waals surface area contributed by atoms with Crippen molar-refractivity contribution in [3.8, 4) is 0 Å². The van der Waals surface area contributed by atoms with Crippen molar-refractivity contribution >= 4 is 11.7 Å². The molecule has 3 saturated carbocycles. The Morgan fingerprint density at radius 1 is 1.17 bits per heavy atom. The molecular weight excluding hydrogens is 288 g/mol. The van der Waals surface area contributed by atoms with Gasteiger partial charge >= 0.3 is 0 Å². The third-order valence-electron chi connectivity index (χ3n) is 7.84. The first-order valence-corrected chi connectivity index (χ1v) is 9.15. The second-order valence-electron chi connectivity index (χ2n) is 8.48. The van der Waals surface area contributed by atoms with Crippen molar-refractivity contribution in [1.82, 2.24) is 0 Å². The van der Waals surface area contributed by atoms with Gasteiger partial charge in [-0.1, -0.05) is 12.5 Å². The molecule has 0 unspecified atom stereocenters. The van der Waals surface area contributed by atoms with Gasteiger partial charge in [-0.05, 0) is 74.2 Å². The Morgan fingerprint density at radius 2 is 2.00 bits per heavy atom. The number of ketones is 1. The minimum atomic E-state index is -0.382. The minimum Gasteiger partial charge on any atom is -0.392 e. The summed E-state index contributed by atoms with van der Waals surface area (Å²) < 4.78 is 0. The van der Waals surface area contributed by atoms with Gasteiger partial charge in [0.15, 0.2) is 5.78 Å². The van der Waals surface area contributed by atoms with Crippen LogP contribution in [-0.4, -0.2) is 22.9 Å². The number of fused-ring (bicyclic) bond motifs is 5. The van der Waals surface area contributed by atoms with E-state index in [1.54, 1.807) is 6.08 Å². The van der Waals surface area contributed by atoms with E-state index < -0.39 is 0 Å². The van der Waals surface area contributed by atoms with Crippen LogP contribution in [0.4, 0.5) is 0 Å². The lowest BCUT2D eigenvalue weighted by Crippen LogP contribution is -2.51. The predicted molar refractivity (Wildman–Crippen MR) is 87.3 cm³/mol. The van der Waals surface area contributed by atoms with Gasteiger partial charge in [-0.15, -0.1) is 0 Å². The first-order valence-electron chi connectivity index (χ1n) is 9.15. The Morgan fingerprint density at radius 3 is 2.78 bits per heavy atom. The molecule has 0 aromatic carbocycles. The van der Waals surface area contributed by atoms with Crippen LogP contribution < -0.4 is 0 Å². The summed E-state index contributed by atoms with van der Waals surface area (Å²) in [7, 11) is 0. The van der Waals surface area contributed by atoms with Crippen LogP contribution in [0.1, 0.15) is 58.3 Å². The average molecular weight is 314 g/mol. The first kappa shape index (κ1) is 15.4. The summed E-state index contributed by atoms with van der Waals surface area (Å²) in [6, 6.07) is 0. The molecule has 0 spiro atoms. The van der Waals surface area contributed by atoms with E-state index in [-0.39, 0.29) is 16.9 Å². The van der Waals surface area contributed by atoms with E-state index in [4.69, 9.17) is 0 Å². The standard InChI is InChI=1S/C20H26O3/c1-19-8-6-14(22)12-13(19)2-3-15-16(19)7-9-20(10-11-21)17(15)4-5-18(20)23/h10,12,15-18,23H,2-9H2,1H3/t15-,16+,17+,18+,19+,20-/m1/s1. The molecule has 6 atom stereocenters. The Kier molecular flexibility index (Phi) is 3.44. The zero-order valence-corrected chi connectivity index (χ0v) is 13.9. The summed E-state index contributed by atoms with van der Waals surface area (Å²) >= 11 is 0.